The van der Waals surface area contributed by atoms with Gasteiger partial charge in [0.15, 0.2) is 0 Å². The van der Waals surface area contributed by atoms with Crippen LogP contribution < -0.4 is 4.57 Å². The van der Waals surface area contributed by atoms with Crippen LogP contribution in [0.1, 0.15) is 78.1 Å². The van der Waals surface area contributed by atoms with Crippen LogP contribution in [0.2, 0.25) is 0 Å². The third-order valence-electron chi connectivity index (χ3n) is 4.41. The largest absolute Gasteiger partial charge is 0.462 e. The Morgan fingerprint density at radius 1 is 1.04 bits per heavy atom. The average Bonchev–Trinajstić information content (AvgIpc) is 3.04. The summed E-state index contributed by atoms with van der Waals surface area (Å²) < 4.78 is 9.67. The third kappa shape index (κ3) is 10.8. The third-order valence-corrected chi connectivity index (χ3v) is 4.41. The summed E-state index contributed by atoms with van der Waals surface area (Å²) >= 11 is 0. The van der Waals surface area contributed by atoms with Crippen LogP contribution >= 0.6 is 0 Å². The van der Waals surface area contributed by atoms with Crippen LogP contribution in [0.4, 0.5) is 0 Å². The number of rotatable bonds is 15. The summed E-state index contributed by atoms with van der Waals surface area (Å²) in [7, 11) is 0. The molecule has 0 saturated heterocycles. The van der Waals surface area contributed by atoms with Crippen molar-refractivity contribution in [2.75, 3.05) is 6.61 Å². The van der Waals surface area contributed by atoms with Gasteiger partial charge in [0.2, 0.25) is 6.33 Å². The molecule has 1 aromatic rings. The Hall–Kier alpha value is -1.58. The van der Waals surface area contributed by atoms with Crippen molar-refractivity contribution in [3.8, 4) is 0 Å². The van der Waals surface area contributed by atoms with Crippen LogP contribution in [-0.4, -0.2) is 17.1 Å². The van der Waals surface area contributed by atoms with Gasteiger partial charge in [0.05, 0.1) is 19.7 Å². The van der Waals surface area contributed by atoms with Gasteiger partial charge in [-0.25, -0.2) is 13.9 Å². The fraction of sp³-hybridized carbons (Fsp3) is 0.714. The van der Waals surface area contributed by atoms with Crippen LogP contribution in [0.25, 0.3) is 0 Å². The van der Waals surface area contributed by atoms with Gasteiger partial charge in [0.1, 0.15) is 12.4 Å². The zero-order valence-electron chi connectivity index (χ0n) is 16.3. The van der Waals surface area contributed by atoms with Crippen LogP contribution in [-0.2, 0) is 22.6 Å². The molecule has 1 heterocycles. The average molecular weight is 350 g/mol. The van der Waals surface area contributed by atoms with Crippen LogP contribution in [0, 0.1) is 0 Å². The highest BCUT2D eigenvalue weighted by Gasteiger charge is 2.04. The molecule has 0 aliphatic heterocycles. The highest BCUT2D eigenvalue weighted by Crippen LogP contribution is 2.05. The molecule has 0 aliphatic carbocycles. The lowest BCUT2D eigenvalue weighted by Gasteiger charge is -2.03. The SMILES string of the molecule is C=C(C)C(=O)OCCCCCCn1cc[n+](CCCCCCCC)c1. The number of hydrogen-bond acceptors (Lipinski definition) is 2. The van der Waals surface area contributed by atoms with Crippen molar-refractivity contribution < 1.29 is 14.1 Å². The maximum Gasteiger partial charge on any atom is 0.333 e. The Bertz CT molecular complexity index is 494. The summed E-state index contributed by atoms with van der Waals surface area (Å²) in [5.41, 5.74) is 0.474. The van der Waals surface area contributed by atoms with Crippen molar-refractivity contribution in [3.63, 3.8) is 0 Å². The maximum absolute atomic E-state index is 11.2. The Morgan fingerprint density at radius 3 is 2.48 bits per heavy atom. The molecule has 0 N–H and O–H groups in total. The molecular weight excluding hydrogens is 312 g/mol. The first-order valence-electron chi connectivity index (χ1n) is 10.0. The predicted molar refractivity (Wildman–Crippen MR) is 102 cm³/mol. The summed E-state index contributed by atoms with van der Waals surface area (Å²) in [6.07, 6.45) is 19.0. The van der Waals surface area contributed by atoms with Gasteiger partial charge in [-0.15, -0.1) is 0 Å². The number of hydrogen-bond donors (Lipinski definition) is 0. The number of carbonyl (C=O) groups is 1. The fourth-order valence-electron chi connectivity index (χ4n) is 2.82. The zero-order valence-corrected chi connectivity index (χ0v) is 16.3. The highest BCUT2D eigenvalue weighted by molar-refractivity contribution is 5.86. The fourth-order valence-corrected chi connectivity index (χ4v) is 2.82. The minimum Gasteiger partial charge on any atom is -0.462 e. The molecule has 0 bridgehead atoms. The predicted octanol–water partition coefficient (Wildman–Crippen LogP) is 4.82. The minimum absolute atomic E-state index is 0.276. The van der Waals surface area contributed by atoms with Gasteiger partial charge < -0.3 is 4.74 Å². The lowest BCUT2D eigenvalue weighted by molar-refractivity contribution is -0.696. The smallest absolute Gasteiger partial charge is 0.333 e. The Kier molecular flexibility index (Phi) is 11.7. The van der Waals surface area contributed by atoms with Crippen molar-refractivity contribution in [3.05, 3.63) is 30.9 Å². The summed E-state index contributed by atoms with van der Waals surface area (Å²) in [4.78, 5) is 11.2. The minimum atomic E-state index is -0.276. The van der Waals surface area contributed by atoms with Gasteiger partial charge >= 0.3 is 5.97 Å². The van der Waals surface area contributed by atoms with Crippen LogP contribution in [0.15, 0.2) is 30.9 Å². The molecule has 0 radical (unpaired) electrons. The molecule has 0 spiro atoms. The van der Waals surface area contributed by atoms with E-state index in [1.165, 1.54) is 51.4 Å². The van der Waals surface area contributed by atoms with Gasteiger partial charge in [-0.1, -0.05) is 39.2 Å². The quantitative estimate of drug-likeness (QED) is 0.197. The normalized spacial score (nSPS) is 10.8. The standard InChI is InChI=1S/C21H37N2O2/c1-4-5-6-7-8-11-14-22-16-17-23(19-22)15-12-9-10-13-18-25-21(24)20(2)3/h16-17,19H,2,4-15,18H2,1,3H3/q+1. The van der Waals surface area contributed by atoms with Crippen LogP contribution in [0.5, 0.6) is 0 Å². The van der Waals surface area contributed by atoms with E-state index in [4.69, 9.17) is 4.74 Å². The van der Waals surface area contributed by atoms with E-state index in [9.17, 15) is 4.79 Å². The van der Waals surface area contributed by atoms with E-state index in [1.54, 1.807) is 6.92 Å². The molecule has 0 aromatic carbocycles. The van der Waals surface area contributed by atoms with E-state index in [0.29, 0.717) is 12.2 Å². The molecule has 0 fully saturated rings. The van der Waals surface area contributed by atoms with E-state index in [-0.39, 0.29) is 5.97 Å². The summed E-state index contributed by atoms with van der Waals surface area (Å²) in [6, 6.07) is 0. The second-order valence-corrected chi connectivity index (χ2v) is 6.99. The number of ether oxygens (including phenoxy) is 1. The Labute approximate surface area is 153 Å². The number of esters is 1. The molecule has 25 heavy (non-hydrogen) atoms. The molecule has 142 valence electrons. The van der Waals surface area contributed by atoms with Crippen molar-refractivity contribution in [2.24, 2.45) is 0 Å². The molecule has 4 nitrogen and oxygen atoms in total. The van der Waals surface area contributed by atoms with Gasteiger partial charge in [-0.2, -0.15) is 0 Å². The molecule has 0 unspecified atom stereocenters. The summed E-state index contributed by atoms with van der Waals surface area (Å²) in [5, 5.41) is 0. The first-order valence-corrected chi connectivity index (χ1v) is 10.0. The first kappa shape index (κ1) is 21.5. The Morgan fingerprint density at radius 2 is 1.72 bits per heavy atom. The number of nitrogens with zero attached hydrogens (tertiary/aromatic N) is 2. The second-order valence-electron chi connectivity index (χ2n) is 6.99. The van der Waals surface area contributed by atoms with E-state index >= 15 is 0 Å². The topological polar surface area (TPSA) is 35.1 Å². The van der Waals surface area contributed by atoms with E-state index in [2.05, 4.69) is 41.4 Å². The molecule has 0 amide bonds. The lowest BCUT2D eigenvalue weighted by atomic mass is 10.1. The number of unbranched alkanes of at least 4 members (excludes halogenated alkanes) is 8. The molecule has 1 rings (SSSR count). The maximum atomic E-state index is 11.2. The molecule has 4 heteroatoms. The molecular formula is C21H37N2O2+. The Balaban J connectivity index is 2.00. The van der Waals surface area contributed by atoms with E-state index in [1.807, 2.05) is 0 Å². The van der Waals surface area contributed by atoms with Gasteiger partial charge in [0.25, 0.3) is 0 Å². The summed E-state index contributed by atoms with van der Waals surface area (Å²) in [6.45, 7) is 10.2. The molecule has 0 aliphatic rings. The van der Waals surface area contributed by atoms with Crippen molar-refractivity contribution in [1.82, 2.24) is 4.57 Å². The molecule has 1 aromatic heterocycles. The van der Waals surface area contributed by atoms with E-state index < -0.39 is 0 Å². The second kappa shape index (κ2) is 13.7. The molecule has 0 saturated carbocycles. The number of carbonyl (C=O) groups excluding carboxylic acids is 1. The number of aromatic nitrogens is 2. The molecule has 0 atom stereocenters. The zero-order chi connectivity index (χ0) is 18.3. The van der Waals surface area contributed by atoms with E-state index in [0.717, 1.165) is 25.9 Å². The van der Waals surface area contributed by atoms with Gasteiger partial charge in [-0.05, 0) is 45.4 Å². The monoisotopic (exact) mass is 349 g/mol. The van der Waals surface area contributed by atoms with Crippen molar-refractivity contribution in [1.29, 1.82) is 0 Å². The number of aryl methyl sites for hydroxylation is 2. The highest BCUT2D eigenvalue weighted by atomic mass is 16.5. The first-order chi connectivity index (χ1) is 12.1. The van der Waals surface area contributed by atoms with Gasteiger partial charge in [-0.3, -0.25) is 0 Å². The summed E-state index contributed by atoms with van der Waals surface area (Å²) in [5.74, 6) is -0.276. The van der Waals surface area contributed by atoms with Crippen molar-refractivity contribution >= 4 is 5.97 Å². The van der Waals surface area contributed by atoms with Crippen LogP contribution in [0.3, 0.4) is 0 Å². The number of imidazole rings is 1. The van der Waals surface area contributed by atoms with Crippen molar-refractivity contribution in [2.45, 2.75) is 91.1 Å². The lowest BCUT2D eigenvalue weighted by Crippen LogP contribution is -2.30. The van der Waals surface area contributed by atoms with Gasteiger partial charge in [0, 0.05) is 5.57 Å².